The zero-order chi connectivity index (χ0) is 12.0. The number of halogens is 1. The summed E-state index contributed by atoms with van der Waals surface area (Å²) in [5.74, 6) is 0.779. The Bertz CT molecular complexity index is 369. The lowest BCUT2D eigenvalue weighted by atomic mass is 10.2. The van der Waals surface area contributed by atoms with Crippen LogP contribution in [0.4, 0.5) is 0 Å². The number of likely N-dealkylation sites (N-methyl/N-ethyl adjacent to an activating group) is 1. The highest BCUT2D eigenvalue weighted by Gasteiger charge is 2.04. The summed E-state index contributed by atoms with van der Waals surface area (Å²) >= 11 is 3.40. The number of methoxy groups -OCH3 is 1. The molecular weight excluding hydrogens is 272 g/mol. The Morgan fingerprint density at radius 2 is 2.25 bits per heavy atom. The van der Waals surface area contributed by atoms with Crippen LogP contribution in [-0.4, -0.2) is 26.6 Å². The third kappa shape index (κ3) is 3.83. The maximum absolute atomic E-state index is 11.0. The molecule has 0 aromatic heterocycles. The van der Waals surface area contributed by atoms with E-state index >= 15 is 0 Å². The Kier molecular flexibility index (Phi) is 5.28. The molecule has 0 saturated heterocycles. The van der Waals surface area contributed by atoms with Gasteiger partial charge in [0, 0.05) is 23.6 Å². The second-order valence-electron chi connectivity index (χ2n) is 3.23. The van der Waals surface area contributed by atoms with Crippen molar-refractivity contribution in [1.29, 1.82) is 0 Å². The van der Waals surface area contributed by atoms with Gasteiger partial charge in [0.05, 0.1) is 13.7 Å². The number of hydrogen-bond acceptors (Lipinski definition) is 3. The van der Waals surface area contributed by atoms with E-state index in [0.29, 0.717) is 13.1 Å². The van der Waals surface area contributed by atoms with Gasteiger partial charge < -0.3 is 15.4 Å². The molecule has 5 heteroatoms. The Morgan fingerprint density at radius 1 is 1.50 bits per heavy atom. The van der Waals surface area contributed by atoms with Gasteiger partial charge in [0.2, 0.25) is 5.91 Å². The summed E-state index contributed by atoms with van der Waals surface area (Å²) in [4.78, 5) is 11.0. The molecule has 1 aromatic carbocycles. The van der Waals surface area contributed by atoms with Gasteiger partial charge in [0.25, 0.3) is 0 Å². The molecule has 0 heterocycles. The maximum atomic E-state index is 11.0. The van der Waals surface area contributed by atoms with E-state index in [2.05, 4.69) is 26.6 Å². The fraction of sp³-hybridized carbons (Fsp3) is 0.364. The van der Waals surface area contributed by atoms with Crippen molar-refractivity contribution in [1.82, 2.24) is 10.6 Å². The molecule has 1 aromatic rings. The molecule has 88 valence electrons. The normalized spacial score (nSPS) is 9.94. The highest BCUT2D eigenvalue weighted by atomic mass is 79.9. The number of amides is 1. The van der Waals surface area contributed by atoms with E-state index in [-0.39, 0.29) is 5.91 Å². The Labute approximate surface area is 103 Å². The van der Waals surface area contributed by atoms with Crippen molar-refractivity contribution in [3.63, 3.8) is 0 Å². The third-order valence-corrected chi connectivity index (χ3v) is 2.62. The molecule has 1 rings (SSSR count). The van der Waals surface area contributed by atoms with Gasteiger partial charge in [-0.2, -0.15) is 0 Å². The van der Waals surface area contributed by atoms with Crippen LogP contribution >= 0.6 is 15.9 Å². The first kappa shape index (κ1) is 13.0. The van der Waals surface area contributed by atoms with Gasteiger partial charge in [-0.05, 0) is 18.2 Å². The van der Waals surface area contributed by atoms with E-state index < -0.39 is 0 Å². The van der Waals surface area contributed by atoms with E-state index in [0.717, 1.165) is 15.8 Å². The Hall–Kier alpha value is -1.07. The summed E-state index contributed by atoms with van der Waals surface area (Å²) in [6.07, 6.45) is 0. The van der Waals surface area contributed by atoms with Gasteiger partial charge in [-0.15, -0.1) is 0 Å². The minimum absolute atomic E-state index is 0.0334. The first-order valence-corrected chi connectivity index (χ1v) is 5.70. The number of ether oxygens (including phenoxy) is 1. The predicted octanol–water partition coefficient (Wildman–Crippen LogP) is 1.29. The molecule has 0 aliphatic rings. The zero-order valence-electron chi connectivity index (χ0n) is 9.34. The molecular formula is C11H15BrN2O2. The van der Waals surface area contributed by atoms with Crippen molar-refractivity contribution in [2.75, 3.05) is 20.7 Å². The highest BCUT2D eigenvalue weighted by molar-refractivity contribution is 9.10. The molecule has 4 nitrogen and oxygen atoms in total. The lowest BCUT2D eigenvalue weighted by Crippen LogP contribution is -2.31. The van der Waals surface area contributed by atoms with Crippen molar-refractivity contribution in [2.24, 2.45) is 0 Å². The summed E-state index contributed by atoms with van der Waals surface area (Å²) in [6.45, 7) is 0.891. The second kappa shape index (κ2) is 6.50. The van der Waals surface area contributed by atoms with Crippen LogP contribution in [0.3, 0.4) is 0 Å². The van der Waals surface area contributed by atoms with Gasteiger partial charge >= 0.3 is 0 Å². The van der Waals surface area contributed by atoms with E-state index in [9.17, 15) is 4.79 Å². The summed E-state index contributed by atoms with van der Waals surface area (Å²) in [5.41, 5.74) is 1.01. The van der Waals surface area contributed by atoms with Crippen LogP contribution in [0.2, 0.25) is 0 Å². The first-order chi connectivity index (χ1) is 7.67. The standard InChI is InChI=1S/C11H15BrN2O2/c1-13-11(15)7-14-6-8-5-9(12)3-4-10(8)16-2/h3-5,14H,6-7H2,1-2H3,(H,13,15). The summed E-state index contributed by atoms with van der Waals surface area (Å²) in [6, 6.07) is 5.78. The van der Waals surface area contributed by atoms with Crippen LogP contribution < -0.4 is 15.4 Å². The molecule has 0 fully saturated rings. The topological polar surface area (TPSA) is 50.4 Å². The van der Waals surface area contributed by atoms with Crippen LogP contribution in [0.1, 0.15) is 5.56 Å². The molecule has 0 aliphatic heterocycles. The van der Waals surface area contributed by atoms with Crippen molar-refractivity contribution >= 4 is 21.8 Å². The predicted molar refractivity (Wildman–Crippen MR) is 66.5 cm³/mol. The summed E-state index contributed by atoms with van der Waals surface area (Å²) in [7, 11) is 3.25. The van der Waals surface area contributed by atoms with E-state index in [1.54, 1.807) is 14.2 Å². The smallest absolute Gasteiger partial charge is 0.233 e. The average molecular weight is 287 g/mol. The lowest BCUT2D eigenvalue weighted by molar-refractivity contribution is -0.119. The number of carbonyl (C=O) groups is 1. The van der Waals surface area contributed by atoms with Gasteiger partial charge in [-0.3, -0.25) is 4.79 Å². The molecule has 2 N–H and O–H groups in total. The molecule has 0 unspecified atom stereocenters. The Morgan fingerprint density at radius 3 is 2.88 bits per heavy atom. The first-order valence-electron chi connectivity index (χ1n) is 4.91. The molecule has 0 radical (unpaired) electrons. The number of hydrogen-bond donors (Lipinski definition) is 2. The molecule has 0 spiro atoms. The number of rotatable bonds is 5. The minimum atomic E-state index is -0.0334. The molecule has 0 atom stereocenters. The highest BCUT2D eigenvalue weighted by Crippen LogP contribution is 2.22. The van der Waals surface area contributed by atoms with E-state index in [1.807, 2.05) is 18.2 Å². The van der Waals surface area contributed by atoms with Crippen molar-refractivity contribution in [2.45, 2.75) is 6.54 Å². The molecule has 16 heavy (non-hydrogen) atoms. The third-order valence-electron chi connectivity index (χ3n) is 2.12. The average Bonchev–Trinajstić information content (AvgIpc) is 2.29. The van der Waals surface area contributed by atoms with Crippen molar-refractivity contribution < 1.29 is 9.53 Å². The van der Waals surface area contributed by atoms with Gasteiger partial charge in [-0.1, -0.05) is 15.9 Å². The van der Waals surface area contributed by atoms with E-state index in [1.165, 1.54) is 0 Å². The van der Waals surface area contributed by atoms with Gasteiger partial charge in [0.15, 0.2) is 0 Å². The molecule has 0 saturated carbocycles. The van der Waals surface area contributed by atoms with Crippen molar-refractivity contribution in [3.05, 3.63) is 28.2 Å². The molecule has 0 bridgehead atoms. The SMILES string of the molecule is CNC(=O)CNCc1cc(Br)ccc1OC. The van der Waals surface area contributed by atoms with E-state index in [4.69, 9.17) is 4.74 Å². The number of nitrogens with one attached hydrogen (secondary N) is 2. The largest absolute Gasteiger partial charge is 0.496 e. The van der Waals surface area contributed by atoms with Crippen LogP contribution in [0.15, 0.2) is 22.7 Å². The molecule has 1 amide bonds. The summed E-state index contributed by atoms with van der Waals surface area (Å²) in [5, 5.41) is 5.59. The second-order valence-corrected chi connectivity index (χ2v) is 4.15. The quantitative estimate of drug-likeness (QED) is 0.858. The Balaban J connectivity index is 2.58. The van der Waals surface area contributed by atoms with Gasteiger partial charge in [0.1, 0.15) is 5.75 Å². The fourth-order valence-electron chi connectivity index (χ4n) is 1.28. The van der Waals surface area contributed by atoms with Crippen LogP contribution in [0.25, 0.3) is 0 Å². The monoisotopic (exact) mass is 286 g/mol. The van der Waals surface area contributed by atoms with Gasteiger partial charge in [-0.25, -0.2) is 0 Å². The minimum Gasteiger partial charge on any atom is -0.496 e. The number of carbonyl (C=O) groups excluding carboxylic acids is 1. The van der Waals surface area contributed by atoms with Crippen molar-refractivity contribution in [3.8, 4) is 5.75 Å². The van der Waals surface area contributed by atoms with Crippen LogP contribution in [0.5, 0.6) is 5.75 Å². The lowest BCUT2D eigenvalue weighted by Gasteiger charge is -2.09. The fourth-order valence-corrected chi connectivity index (χ4v) is 1.69. The number of benzene rings is 1. The van der Waals surface area contributed by atoms with Crippen LogP contribution in [-0.2, 0) is 11.3 Å². The van der Waals surface area contributed by atoms with Crippen LogP contribution in [0, 0.1) is 0 Å². The molecule has 0 aliphatic carbocycles. The maximum Gasteiger partial charge on any atom is 0.233 e. The zero-order valence-corrected chi connectivity index (χ0v) is 10.9. The summed E-state index contributed by atoms with van der Waals surface area (Å²) < 4.78 is 6.21.